The van der Waals surface area contributed by atoms with Gasteiger partial charge in [-0.3, -0.25) is 9.56 Å². The van der Waals surface area contributed by atoms with E-state index < -0.39 is 0 Å². The lowest BCUT2D eigenvalue weighted by atomic mass is 10.0. The summed E-state index contributed by atoms with van der Waals surface area (Å²) in [5.41, 5.74) is 7.26. The smallest absolute Gasteiger partial charge is 0.234 e. The second kappa shape index (κ2) is 10.0. The van der Waals surface area contributed by atoms with E-state index in [1.807, 2.05) is 48.0 Å². The lowest BCUT2D eigenvalue weighted by Crippen LogP contribution is -2.25. The van der Waals surface area contributed by atoms with Gasteiger partial charge >= 0.3 is 0 Å². The molecule has 1 atom stereocenters. The average molecular weight is 584 g/mol. The minimum absolute atomic E-state index is 0.327. The van der Waals surface area contributed by atoms with Crippen molar-refractivity contribution >= 4 is 64.7 Å². The molecule has 0 saturated heterocycles. The van der Waals surface area contributed by atoms with Gasteiger partial charge < -0.3 is 5.32 Å². The zero-order valence-corrected chi connectivity index (χ0v) is 24.4. The Kier molecular flexibility index (Phi) is 5.67. The average Bonchev–Trinajstić information content (AvgIpc) is 3.65. The molecule has 6 heteroatoms. The van der Waals surface area contributed by atoms with Crippen LogP contribution in [0.1, 0.15) is 22.9 Å². The van der Waals surface area contributed by atoms with Crippen LogP contribution in [0.2, 0.25) is 0 Å². The lowest BCUT2D eigenvalue weighted by molar-refractivity contribution is 0.656. The van der Waals surface area contributed by atoms with Crippen molar-refractivity contribution in [3.8, 4) is 5.95 Å². The fourth-order valence-electron chi connectivity index (χ4n) is 6.27. The normalized spacial score (nSPS) is 15.0. The number of thiophene rings is 1. The topological polar surface area (TPSA) is 55.1 Å². The summed E-state index contributed by atoms with van der Waals surface area (Å²) in [4.78, 5) is 15.1. The largest absolute Gasteiger partial charge is 0.359 e. The first-order chi connectivity index (χ1) is 21.8. The number of aromatic nitrogens is 3. The summed E-state index contributed by atoms with van der Waals surface area (Å²) in [6.45, 7) is 0. The second-order valence-corrected chi connectivity index (χ2v) is 12.0. The van der Waals surface area contributed by atoms with Crippen LogP contribution in [0.15, 0.2) is 145 Å². The van der Waals surface area contributed by atoms with Crippen molar-refractivity contribution in [1.29, 1.82) is 0 Å². The summed E-state index contributed by atoms with van der Waals surface area (Å²) in [7, 11) is 0. The molecule has 44 heavy (non-hydrogen) atoms. The molecule has 0 aliphatic carbocycles. The highest BCUT2D eigenvalue weighted by Gasteiger charge is 2.22. The summed E-state index contributed by atoms with van der Waals surface area (Å²) >= 11 is 1.83. The van der Waals surface area contributed by atoms with Gasteiger partial charge in [0, 0.05) is 49.9 Å². The Morgan fingerprint density at radius 2 is 1.27 bits per heavy atom. The predicted molar refractivity (Wildman–Crippen MR) is 183 cm³/mol. The van der Waals surface area contributed by atoms with E-state index in [4.69, 9.17) is 15.0 Å². The first-order valence-electron chi connectivity index (χ1n) is 14.6. The van der Waals surface area contributed by atoms with Crippen molar-refractivity contribution in [3.05, 3.63) is 156 Å². The molecule has 1 N–H and O–H groups in total. The molecule has 1 aliphatic rings. The molecule has 0 amide bonds. The Hall–Kier alpha value is -5.59. The van der Waals surface area contributed by atoms with Gasteiger partial charge in [0.15, 0.2) is 0 Å². The van der Waals surface area contributed by atoms with Crippen molar-refractivity contribution in [2.45, 2.75) is 6.17 Å². The van der Waals surface area contributed by atoms with Gasteiger partial charge in [-0.05, 0) is 29.3 Å². The maximum Gasteiger partial charge on any atom is 0.234 e. The van der Waals surface area contributed by atoms with Crippen LogP contribution in [0.3, 0.4) is 0 Å². The van der Waals surface area contributed by atoms with Crippen molar-refractivity contribution < 1.29 is 0 Å². The number of rotatable bonds is 4. The molecule has 1 unspecified atom stereocenters. The number of hydrogen-bond acceptors (Lipinski definition) is 5. The summed E-state index contributed by atoms with van der Waals surface area (Å²) < 4.78 is 4.74. The highest BCUT2D eigenvalue weighted by molar-refractivity contribution is 7.26. The Balaban J connectivity index is 1.19. The van der Waals surface area contributed by atoms with E-state index in [0.717, 1.165) is 39.1 Å². The number of aliphatic imine (C=N–C) groups is 1. The van der Waals surface area contributed by atoms with Crippen LogP contribution >= 0.6 is 11.3 Å². The minimum Gasteiger partial charge on any atom is -0.359 e. The van der Waals surface area contributed by atoms with Crippen LogP contribution in [-0.4, -0.2) is 20.2 Å². The van der Waals surface area contributed by atoms with Gasteiger partial charge in [-0.25, -0.2) is 9.97 Å². The standard InChI is InChI=1S/C38H25N5S/c1-3-11-24(12-4-1)31-21-32(25-13-5-2-6-14-25)42-37(41-31)26-22-39-38(40-23-26)43-33-17-9-7-15-27(33)29-19-20-30-28-16-8-10-18-34(28)44-36(30)35(29)43/h1-23,37,41H. The molecule has 0 spiro atoms. The van der Waals surface area contributed by atoms with E-state index >= 15 is 0 Å². The molecule has 0 saturated carbocycles. The third-order valence-corrected chi connectivity index (χ3v) is 9.54. The monoisotopic (exact) mass is 583 g/mol. The Morgan fingerprint density at radius 3 is 2.07 bits per heavy atom. The van der Waals surface area contributed by atoms with Gasteiger partial charge in [0.25, 0.3) is 0 Å². The second-order valence-electron chi connectivity index (χ2n) is 11.0. The third kappa shape index (κ3) is 3.96. The number of fused-ring (bicyclic) bond motifs is 7. The van der Waals surface area contributed by atoms with Gasteiger partial charge in [-0.2, -0.15) is 0 Å². The molecule has 4 heterocycles. The molecule has 0 fully saturated rings. The fourth-order valence-corrected chi connectivity index (χ4v) is 7.51. The Morgan fingerprint density at radius 1 is 0.614 bits per heavy atom. The molecule has 0 radical (unpaired) electrons. The first kappa shape index (κ1) is 25.0. The SMILES string of the molecule is C1=C(c2ccccc2)NC(c2cnc(-n3c4ccccc4c4ccc5c6ccccc6sc5c43)nc2)N=C1c1ccccc1. The lowest BCUT2D eigenvalue weighted by Gasteiger charge is -2.24. The van der Waals surface area contributed by atoms with Gasteiger partial charge in [-0.1, -0.05) is 109 Å². The van der Waals surface area contributed by atoms with Gasteiger partial charge in [0.1, 0.15) is 6.17 Å². The van der Waals surface area contributed by atoms with Crippen LogP contribution in [0.4, 0.5) is 0 Å². The van der Waals surface area contributed by atoms with E-state index in [9.17, 15) is 0 Å². The van der Waals surface area contributed by atoms with Crippen LogP contribution in [0, 0.1) is 0 Å². The summed E-state index contributed by atoms with van der Waals surface area (Å²) in [6.07, 6.45) is 5.61. The highest BCUT2D eigenvalue weighted by Crippen LogP contribution is 2.42. The number of nitrogens with one attached hydrogen (secondary N) is 1. The van der Waals surface area contributed by atoms with Crippen LogP contribution < -0.4 is 5.32 Å². The van der Waals surface area contributed by atoms with E-state index in [-0.39, 0.29) is 6.17 Å². The third-order valence-electron chi connectivity index (χ3n) is 8.35. The number of allylic oxidation sites excluding steroid dienone is 1. The molecule has 208 valence electrons. The molecule has 8 aromatic rings. The summed E-state index contributed by atoms with van der Waals surface area (Å²) in [5.74, 6) is 0.645. The number of nitrogens with zero attached hydrogens (tertiary/aromatic N) is 4. The highest BCUT2D eigenvalue weighted by atomic mass is 32.1. The maximum absolute atomic E-state index is 5.10. The van der Waals surface area contributed by atoms with Crippen molar-refractivity contribution in [2.75, 3.05) is 0 Å². The van der Waals surface area contributed by atoms with Crippen LogP contribution in [0.5, 0.6) is 0 Å². The van der Waals surface area contributed by atoms with E-state index in [2.05, 4.69) is 113 Å². The molecule has 3 aromatic heterocycles. The molecule has 9 rings (SSSR count). The predicted octanol–water partition coefficient (Wildman–Crippen LogP) is 9.07. The van der Waals surface area contributed by atoms with Gasteiger partial charge in [-0.15, -0.1) is 11.3 Å². The number of hydrogen-bond donors (Lipinski definition) is 1. The molecule has 5 nitrogen and oxygen atoms in total. The van der Waals surface area contributed by atoms with E-state index in [1.54, 1.807) is 0 Å². The van der Waals surface area contributed by atoms with Crippen LogP contribution in [0.25, 0.3) is 53.6 Å². The Labute approximate surface area is 257 Å². The summed E-state index contributed by atoms with van der Waals surface area (Å²) in [6, 6.07) is 42.3. The van der Waals surface area contributed by atoms with Gasteiger partial charge in [0.2, 0.25) is 5.95 Å². The quantitative estimate of drug-likeness (QED) is 0.225. The van der Waals surface area contributed by atoms with E-state index in [1.165, 1.54) is 30.9 Å². The van der Waals surface area contributed by atoms with Crippen molar-refractivity contribution in [3.63, 3.8) is 0 Å². The molecule has 0 bridgehead atoms. The van der Waals surface area contributed by atoms with E-state index in [0.29, 0.717) is 5.95 Å². The first-order valence-corrected chi connectivity index (χ1v) is 15.5. The molecule has 1 aliphatic heterocycles. The number of benzene rings is 5. The Bertz CT molecular complexity index is 2400. The minimum atomic E-state index is -0.327. The van der Waals surface area contributed by atoms with Crippen molar-refractivity contribution in [1.82, 2.24) is 19.9 Å². The summed E-state index contributed by atoms with van der Waals surface area (Å²) in [5, 5.41) is 8.56. The number of para-hydroxylation sites is 1. The maximum atomic E-state index is 5.10. The zero-order chi connectivity index (χ0) is 29.0. The zero-order valence-electron chi connectivity index (χ0n) is 23.6. The van der Waals surface area contributed by atoms with Crippen LogP contribution in [-0.2, 0) is 0 Å². The molecular weight excluding hydrogens is 559 g/mol. The fraction of sp³-hybridized carbons (Fsp3) is 0.0263. The molecule has 5 aromatic carbocycles. The van der Waals surface area contributed by atoms with Gasteiger partial charge in [0.05, 0.1) is 21.4 Å². The van der Waals surface area contributed by atoms with Crippen molar-refractivity contribution in [2.24, 2.45) is 4.99 Å². The molecular formula is C38H25N5S.